The first-order valence-electron chi connectivity index (χ1n) is 8.91. The van der Waals surface area contributed by atoms with Crippen molar-refractivity contribution in [2.75, 3.05) is 32.8 Å². The Bertz CT molecular complexity index is 331. The van der Waals surface area contributed by atoms with E-state index in [0.717, 1.165) is 44.6 Å². The van der Waals surface area contributed by atoms with Crippen LogP contribution in [0.3, 0.4) is 0 Å². The van der Waals surface area contributed by atoms with Crippen molar-refractivity contribution in [2.24, 2.45) is 23.2 Å². The van der Waals surface area contributed by atoms with E-state index in [1.807, 2.05) is 0 Å². The Morgan fingerprint density at radius 1 is 1.32 bits per heavy atom. The molecular weight excluding hydrogens is 234 g/mol. The van der Waals surface area contributed by atoms with Crippen molar-refractivity contribution < 1.29 is 6.11 Å². The third-order valence-electron chi connectivity index (χ3n) is 6.19. The molecule has 0 bridgehead atoms. The zero-order chi connectivity index (χ0) is 14.2. The minimum atomic E-state index is 0.217. The first-order valence-corrected chi connectivity index (χ1v) is 8.33. The number of hydrogen-bond donors (Lipinski definition) is 0. The lowest BCUT2D eigenvalue weighted by molar-refractivity contribution is 0.0113. The number of ether oxygens (including phenoxy) is 1. The molecule has 19 heavy (non-hydrogen) atoms. The Balaban J connectivity index is 1.64. The summed E-state index contributed by atoms with van der Waals surface area (Å²) in [6.45, 7) is 10.2. The van der Waals surface area contributed by atoms with Crippen molar-refractivity contribution in [3.63, 3.8) is 0 Å². The number of morpholine rings is 1. The van der Waals surface area contributed by atoms with Crippen LogP contribution in [-0.4, -0.2) is 37.7 Å². The highest BCUT2D eigenvalue weighted by molar-refractivity contribution is 4.99. The molecule has 0 aromatic rings. The molecule has 0 spiro atoms. The van der Waals surface area contributed by atoms with Crippen LogP contribution in [0.4, 0.5) is 0 Å². The van der Waals surface area contributed by atoms with Gasteiger partial charge in [-0.05, 0) is 48.8 Å². The fourth-order valence-electron chi connectivity index (χ4n) is 5.11. The number of rotatable bonds is 3. The molecule has 2 nitrogen and oxygen atoms in total. The third-order valence-corrected chi connectivity index (χ3v) is 6.19. The summed E-state index contributed by atoms with van der Waals surface area (Å²) in [5, 5.41) is 0. The maximum Gasteiger partial charge on any atom is 0.0594 e. The van der Waals surface area contributed by atoms with Gasteiger partial charge in [0.05, 0.1) is 13.2 Å². The van der Waals surface area contributed by atoms with Crippen LogP contribution < -0.4 is 0 Å². The maximum absolute atomic E-state index is 8.38. The Labute approximate surface area is 120 Å². The largest absolute Gasteiger partial charge is 0.379 e. The van der Waals surface area contributed by atoms with Gasteiger partial charge in [-0.2, -0.15) is 0 Å². The van der Waals surface area contributed by atoms with Gasteiger partial charge in [0.25, 0.3) is 0 Å². The molecule has 0 radical (unpaired) electrons. The van der Waals surface area contributed by atoms with Crippen LogP contribution in [0.5, 0.6) is 0 Å². The second kappa shape index (κ2) is 5.73. The van der Waals surface area contributed by atoms with Crippen molar-refractivity contribution in [3.8, 4) is 0 Å². The third kappa shape index (κ3) is 2.71. The zero-order valence-electron chi connectivity index (χ0n) is 13.7. The predicted molar refractivity (Wildman–Crippen MR) is 79.2 cm³/mol. The molecular formula is C17H31NO. The normalized spacial score (nSPS) is 46.6. The van der Waals surface area contributed by atoms with Gasteiger partial charge < -0.3 is 4.74 Å². The summed E-state index contributed by atoms with van der Waals surface area (Å²) in [7, 11) is 0. The smallest absolute Gasteiger partial charge is 0.0594 e. The molecule has 5 atom stereocenters. The van der Waals surface area contributed by atoms with Crippen LogP contribution in [0, 0.1) is 23.2 Å². The van der Waals surface area contributed by atoms with Gasteiger partial charge in [-0.25, -0.2) is 0 Å². The Kier molecular flexibility index (Phi) is 3.81. The lowest BCUT2D eigenvalue weighted by Gasteiger charge is -2.44. The van der Waals surface area contributed by atoms with Gasteiger partial charge in [0, 0.05) is 21.0 Å². The first kappa shape index (κ1) is 12.6. The molecule has 1 heterocycles. The van der Waals surface area contributed by atoms with Gasteiger partial charge >= 0.3 is 0 Å². The number of hydrogen-bond acceptors (Lipinski definition) is 2. The van der Waals surface area contributed by atoms with Crippen molar-refractivity contribution in [1.29, 1.82) is 0 Å². The van der Waals surface area contributed by atoms with E-state index in [2.05, 4.69) is 18.7 Å². The van der Waals surface area contributed by atoms with E-state index in [0.29, 0.717) is 11.3 Å². The summed E-state index contributed by atoms with van der Waals surface area (Å²) in [5.74, 6) is 2.28. The van der Waals surface area contributed by atoms with E-state index in [9.17, 15) is 0 Å². The van der Waals surface area contributed by atoms with Crippen molar-refractivity contribution in [3.05, 3.63) is 0 Å². The van der Waals surface area contributed by atoms with Crippen LogP contribution in [0.25, 0.3) is 0 Å². The quantitative estimate of drug-likeness (QED) is 0.774. The standard InChI is InChI=1S/C17H31NO/c1-14(13-18-9-11-19-12-10-18)16-7-6-15-5-3-4-8-17(15,16)2/h14-16H,3-13H2,1-2H3/t14-,15+,16-,17-/m1/s1/i5D/t5?,14-,15+,16-,17-. The molecule has 1 unspecified atom stereocenters. The summed E-state index contributed by atoms with van der Waals surface area (Å²) >= 11 is 0. The fourth-order valence-corrected chi connectivity index (χ4v) is 5.11. The summed E-state index contributed by atoms with van der Waals surface area (Å²) in [6.07, 6.45) is 6.68. The van der Waals surface area contributed by atoms with Crippen LogP contribution in [0.15, 0.2) is 0 Å². The SMILES string of the molecule is [2H]C1CCC[C@]2(C)[C@@H]1CC[C@@H]2[C@H](C)CN1CCOCC1. The highest BCUT2D eigenvalue weighted by Gasteiger charge is 2.48. The topological polar surface area (TPSA) is 12.5 Å². The zero-order valence-corrected chi connectivity index (χ0v) is 12.7. The summed E-state index contributed by atoms with van der Waals surface area (Å²) in [4.78, 5) is 2.59. The van der Waals surface area contributed by atoms with Crippen LogP contribution in [0.2, 0.25) is 0 Å². The average molecular weight is 266 g/mol. The molecule has 2 aliphatic carbocycles. The maximum atomic E-state index is 8.38. The minimum Gasteiger partial charge on any atom is -0.379 e. The second-order valence-electron chi connectivity index (χ2n) is 7.31. The van der Waals surface area contributed by atoms with E-state index in [4.69, 9.17) is 6.11 Å². The number of nitrogens with zero attached hydrogens (tertiary/aromatic N) is 1. The minimum absolute atomic E-state index is 0.217. The van der Waals surface area contributed by atoms with Gasteiger partial charge in [0.2, 0.25) is 0 Å². The summed E-state index contributed by atoms with van der Waals surface area (Å²) in [6, 6.07) is 0. The Morgan fingerprint density at radius 2 is 2.11 bits per heavy atom. The molecule has 1 saturated heterocycles. The second-order valence-corrected chi connectivity index (χ2v) is 7.31. The lowest BCUT2D eigenvalue weighted by Crippen LogP contribution is -2.43. The van der Waals surface area contributed by atoms with Crippen LogP contribution in [-0.2, 0) is 4.74 Å². The molecule has 110 valence electrons. The van der Waals surface area contributed by atoms with Gasteiger partial charge in [-0.15, -0.1) is 0 Å². The van der Waals surface area contributed by atoms with Gasteiger partial charge in [-0.3, -0.25) is 4.90 Å². The van der Waals surface area contributed by atoms with E-state index >= 15 is 0 Å². The first-order chi connectivity index (χ1) is 9.61. The molecule has 3 fully saturated rings. The van der Waals surface area contributed by atoms with E-state index in [1.165, 1.54) is 32.2 Å². The molecule has 2 saturated carbocycles. The molecule has 2 heteroatoms. The molecule has 0 aromatic heterocycles. The molecule has 0 aromatic carbocycles. The van der Waals surface area contributed by atoms with Crippen LogP contribution >= 0.6 is 0 Å². The van der Waals surface area contributed by atoms with Crippen molar-refractivity contribution >= 4 is 0 Å². The highest BCUT2D eigenvalue weighted by atomic mass is 16.5. The Hall–Kier alpha value is -0.0800. The van der Waals surface area contributed by atoms with E-state index in [1.54, 1.807) is 0 Å². The Morgan fingerprint density at radius 3 is 2.89 bits per heavy atom. The van der Waals surface area contributed by atoms with Crippen molar-refractivity contribution in [2.45, 2.75) is 52.3 Å². The lowest BCUT2D eigenvalue weighted by atomic mass is 9.63. The van der Waals surface area contributed by atoms with Crippen LogP contribution in [0.1, 0.15) is 53.7 Å². The van der Waals surface area contributed by atoms with E-state index in [-0.39, 0.29) is 6.40 Å². The van der Waals surface area contributed by atoms with Gasteiger partial charge in [0.15, 0.2) is 0 Å². The summed E-state index contributed by atoms with van der Waals surface area (Å²) in [5.41, 5.74) is 0.455. The van der Waals surface area contributed by atoms with E-state index < -0.39 is 0 Å². The molecule has 1 aliphatic heterocycles. The number of fused-ring (bicyclic) bond motifs is 1. The molecule has 0 N–H and O–H groups in total. The molecule has 3 rings (SSSR count). The summed E-state index contributed by atoms with van der Waals surface area (Å²) < 4.78 is 13.8. The van der Waals surface area contributed by atoms with Crippen molar-refractivity contribution in [1.82, 2.24) is 4.90 Å². The fraction of sp³-hybridized carbons (Fsp3) is 1.00. The van der Waals surface area contributed by atoms with Gasteiger partial charge in [-0.1, -0.05) is 26.7 Å². The molecule has 3 aliphatic rings. The highest BCUT2D eigenvalue weighted by Crippen LogP contribution is 2.57. The monoisotopic (exact) mass is 266 g/mol. The van der Waals surface area contributed by atoms with Gasteiger partial charge in [0.1, 0.15) is 0 Å². The molecule has 0 amide bonds. The predicted octanol–water partition coefficient (Wildman–Crippen LogP) is 3.56. The average Bonchev–Trinajstić information content (AvgIpc) is 2.78.